The predicted octanol–water partition coefficient (Wildman–Crippen LogP) is 5.17. The van der Waals surface area contributed by atoms with Gasteiger partial charge in [0.1, 0.15) is 17.1 Å². The van der Waals surface area contributed by atoms with E-state index in [1.54, 1.807) is 0 Å². The Balaban J connectivity index is 3.32. The van der Waals surface area contributed by atoms with Crippen LogP contribution in [-0.2, 0) is 0 Å². The van der Waals surface area contributed by atoms with Crippen molar-refractivity contribution in [3.8, 4) is 11.5 Å². The summed E-state index contributed by atoms with van der Waals surface area (Å²) in [6.07, 6.45) is -4.86. The molecule has 1 aromatic rings. The van der Waals surface area contributed by atoms with E-state index in [-0.39, 0.29) is 16.4 Å². The van der Waals surface area contributed by atoms with E-state index in [2.05, 4.69) is 4.74 Å². The fourth-order valence-corrected chi connectivity index (χ4v) is 2.61. The van der Waals surface area contributed by atoms with Crippen LogP contribution in [0.4, 0.5) is 13.2 Å². The Kier molecular flexibility index (Phi) is 5.01. The highest BCUT2D eigenvalue weighted by Gasteiger charge is 2.40. The van der Waals surface area contributed by atoms with Crippen LogP contribution in [0, 0.1) is 0 Å². The maximum absolute atomic E-state index is 12.5. The van der Waals surface area contributed by atoms with E-state index in [0.29, 0.717) is 0 Å². The average molecular weight is 334 g/mol. The number of alkyl halides is 3. The first-order valence-corrected chi connectivity index (χ1v) is 9.74. The Labute approximate surface area is 129 Å². The Morgan fingerprint density at radius 3 is 2.00 bits per heavy atom. The summed E-state index contributed by atoms with van der Waals surface area (Å²) < 4.78 is 47.4. The zero-order valence-corrected chi connectivity index (χ0v) is 14.6. The smallest absolute Gasteiger partial charge is 0.543 e. The number of hydrogen-bond acceptors (Lipinski definition) is 3. The van der Waals surface area contributed by atoms with Crippen molar-refractivity contribution in [2.75, 3.05) is 0 Å². The molecule has 0 aliphatic carbocycles. The SMILES string of the molecule is CC(=O)c1c(OC(F)(F)F)cccc1O[Si](C)(C)C(C)(C)C. The number of ether oxygens (including phenoxy) is 1. The molecule has 0 bridgehead atoms. The van der Waals surface area contributed by atoms with E-state index in [9.17, 15) is 18.0 Å². The molecule has 0 N–H and O–H groups in total. The zero-order chi connectivity index (χ0) is 17.3. The maximum atomic E-state index is 12.5. The molecule has 0 amide bonds. The van der Waals surface area contributed by atoms with Crippen LogP contribution in [-0.4, -0.2) is 20.5 Å². The van der Waals surface area contributed by atoms with E-state index in [4.69, 9.17) is 4.43 Å². The van der Waals surface area contributed by atoms with E-state index < -0.39 is 26.2 Å². The molecule has 3 nitrogen and oxygen atoms in total. The number of carbonyl (C=O) groups is 1. The quantitative estimate of drug-likeness (QED) is 0.563. The van der Waals surface area contributed by atoms with Crippen LogP contribution in [0.5, 0.6) is 11.5 Å². The van der Waals surface area contributed by atoms with Crippen molar-refractivity contribution in [1.82, 2.24) is 0 Å². The molecule has 0 spiro atoms. The molecule has 0 heterocycles. The molecular weight excluding hydrogens is 313 g/mol. The predicted molar refractivity (Wildman–Crippen MR) is 81.0 cm³/mol. The molecule has 1 rings (SSSR count). The topological polar surface area (TPSA) is 35.5 Å². The number of halogens is 3. The molecule has 0 atom stereocenters. The van der Waals surface area contributed by atoms with E-state index in [0.717, 1.165) is 6.07 Å². The van der Waals surface area contributed by atoms with Crippen LogP contribution in [0.1, 0.15) is 38.1 Å². The van der Waals surface area contributed by atoms with Gasteiger partial charge < -0.3 is 9.16 Å². The van der Waals surface area contributed by atoms with Crippen molar-refractivity contribution in [1.29, 1.82) is 0 Å². The van der Waals surface area contributed by atoms with Gasteiger partial charge in [0, 0.05) is 0 Å². The van der Waals surface area contributed by atoms with Crippen molar-refractivity contribution in [2.45, 2.75) is 52.2 Å². The molecule has 0 unspecified atom stereocenters. The summed E-state index contributed by atoms with van der Waals surface area (Å²) in [7, 11) is -2.29. The summed E-state index contributed by atoms with van der Waals surface area (Å²) in [6, 6.07) is 4.00. The third kappa shape index (κ3) is 4.49. The van der Waals surface area contributed by atoms with Crippen molar-refractivity contribution < 1.29 is 27.1 Å². The lowest BCUT2D eigenvalue weighted by molar-refractivity contribution is -0.274. The minimum Gasteiger partial charge on any atom is -0.543 e. The largest absolute Gasteiger partial charge is 0.573 e. The van der Waals surface area contributed by atoms with Gasteiger partial charge in [0.05, 0.1) is 0 Å². The second-order valence-electron chi connectivity index (χ2n) is 6.60. The van der Waals surface area contributed by atoms with Crippen LogP contribution in [0.15, 0.2) is 18.2 Å². The fraction of sp³-hybridized carbons (Fsp3) is 0.533. The van der Waals surface area contributed by atoms with Gasteiger partial charge in [-0.2, -0.15) is 0 Å². The number of hydrogen-bond donors (Lipinski definition) is 0. The van der Waals surface area contributed by atoms with E-state index in [1.165, 1.54) is 19.1 Å². The lowest BCUT2D eigenvalue weighted by Crippen LogP contribution is -2.44. The standard InChI is InChI=1S/C15H21F3O3Si/c1-10(19)13-11(20-15(16,17)18)8-7-9-12(13)21-22(5,6)14(2,3)4/h7-9H,1-6H3. The van der Waals surface area contributed by atoms with Gasteiger partial charge in [-0.05, 0) is 37.2 Å². The van der Waals surface area contributed by atoms with Gasteiger partial charge in [-0.1, -0.05) is 26.8 Å². The van der Waals surface area contributed by atoms with Crippen molar-refractivity contribution in [3.63, 3.8) is 0 Å². The molecule has 0 aliphatic rings. The van der Waals surface area contributed by atoms with Crippen molar-refractivity contribution >= 4 is 14.1 Å². The third-order valence-corrected chi connectivity index (χ3v) is 8.08. The molecular formula is C15H21F3O3Si. The Morgan fingerprint density at radius 2 is 1.59 bits per heavy atom. The summed E-state index contributed by atoms with van der Waals surface area (Å²) in [5, 5.41) is -0.151. The zero-order valence-electron chi connectivity index (χ0n) is 13.6. The van der Waals surface area contributed by atoms with Gasteiger partial charge in [0.2, 0.25) is 0 Å². The molecule has 0 aromatic heterocycles. The Bertz CT molecular complexity index is 560. The Hall–Kier alpha value is -1.50. The lowest BCUT2D eigenvalue weighted by Gasteiger charge is -2.37. The first kappa shape index (κ1) is 18.5. The summed E-state index contributed by atoms with van der Waals surface area (Å²) in [4.78, 5) is 11.8. The van der Waals surface area contributed by atoms with Gasteiger partial charge in [-0.3, -0.25) is 4.79 Å². The summed E-state index contributed by atoms with van der Waals surface area (Å²) >= 11 is 0. The second-order valence-corrected chi connectivity index (χ2v) is 11.3. The molecule has 0 fully saturated rings. The molecule has 0 aliphatic heterocycles. The highest BCUT2D eigenvalue weighted by Crippen LogP contribution is 2.40. The van der Waals surface area contributed by atoms with Crippen LogP contribution in [0.25, 0.3) is 0 Å². The normalized spacial score (nSPS) is 13.0. The molecule has 7 heteroatoms. The van der Waals surface area contributed by atoms with E-state index in [1.807, 2.05) is 33.9 Å². The summed E-state index contributed by atoms with van der Waals surface area (Å²) in [5.74, 6) is -0.925. The number of ketones is 1. The highest BCUT2D eigenvalue weighted by molar-refractivity contribution is 6.74. The van der Waals surface area contributed by atoms with Gasteiger partial charge in [-0.15, -0.1) is 13.2 Å². The number of rotatable bonds is 4. The molecule has 0 radical (unpaired) electrons. The van der Waals surface area contributed by atoms with Crippen LogP contribution in [0.2, 0.25) is 18.1 Å². The number of carbonyl (C=O) groups excluding carboxylic acids is 1. The average Bonchev–Trinajstić information content (AvgIpc) is 2.23. The van der Waals surface area contributed by atoms with Gasteiger partial charge in [0.25, 0.3) is 8.32 Å². The van der Waals surface area contributed by atoms with Gasteiger partial charge in [-0.25, -0.2) is 0 Å². The first-order chi connectivity index (χ1) is 9.74. The maximum Gasteiger partial charge on any atom is 0.573 e. The van der Waals surface area contributed by atoms with Crippen LogP contribution in [0.3, 0.4) is 0 Å². The minimum absolute atomic E-state index is 0.140. The van der Waals surface area contributed by atoms with Crippen LogP contribution < -0.4 is 9.16 Å². The molecule has 0 saturated heterocycles. The third-order valence-electron chi connectivity index (χ3n) is 3.74. The monoisotopic (exact) mass is 334 g/mol. The van der Waals surface area contributed by atoms with E-state index >= 15 is 0 Å². The van der Waals surface area contributed by atoms with Gasteiger partial charge >= 0.3 is 6.36 Å². The second kappa shape index (κ2) is 5.95. The van der Waals surface area contributed by atoms with Crippen molar-refractivity contribution in [3.05, 3.63) is 23.8 Å². The van der Waals surface area contributed by atoms with Crippen LogP contribution >= 0.6 is 0 Å². The Morgan fingerprint density at radius 1 is 1.09 bits per heavy atom. The summed E-state index contributed by atoms with van der Waals surface area (Å²) in [5.41, 5.74) is -0.176. The summed E-state index contributed by atoms with van der Waals surface area (Å²) in [6.45, 7) is 11.1. The first-order valence-electron chi connectivity index (χ1n) is 6.83. The highest BCUT2D eigenvalue weighted by atomic mass is 28.4. The number of Topliss-reactive ketones (excluding diaryl/α,β-unsaturated/α-hetero) is 1. The molecule has 124 valence electrons. The minimum atomic E-state index is -4.86. The molecule has 1 aromatic carbocycles. The van der Waals surface area contributed by atoms with Gasteiger partial charge in [0.15, 0.2) is 5.78 Å². The lowest BCUT2D eigenvalue weighted by atomic mass is 10.1. The fourth-order valence-electron chi connectivity index (χ4n) is 1.58. The van der Waals surface area contributed by atoms with Crippen molar-refractivity contribution in [2.24, 2.45) is 0 Å². The molecule has 0 saturated carbocycles. The molecule has 22 heavy (non-hydrogen) atoms. The number of benzene rings is 1.